The van der Waals surface area contributed by atoms with E-state index in [1.807, 2.05) is 32.9 Å². The largest absolute Gasteiger partial charge is 0.480 e. The maximum Gasteiger partial charge on any atom is 0.344 e. The van der Waals surface area contributed by atoms with E-state index in [1.54, 1.807) is 0 Å². The van der Waals surface area contributed by atoms with Gasteiger partial charge in [0.25, 0.3) is 0 Å². The van der Waals surface area contributed by atoms with E-state index in [-0.39, 0.29) is 12.6 Å². The fourth-order valence-corrected chi connectivity index (χ4v) is 5.06. The fraction of sp³-hybridized carbons (Fsp3) is 0.417. The van der Waals surface area contributed by atoms with Gasteiger partial charge in [-0.1, -0.05) is 0 Å². The number of halogens is 3. The second kappa shape index (κ2) is 6.91. The highest BCUT2D eigenvalue weighted by Crippen LogP contribution is 2.29. The van der Waals surface area contributed by atoms with Gasteiger partial charge in [-0.05, 0) is 101 Å². The molecule has 0 aliphatic heterocycles. The molecule has 18 heavy (non-hydrogen) atoms. The lowest BCUT2D eigenvalue weighted by atomic mass is 10.2. The number of hydrogen-bond donors (Lipinski definition) is 0. The minimum absolute atomic E-state index is 0.0656. The van der Waals surface area contributed by atoms with Gasteiger partial charge in [-0.2, -0.15) is 0 Å². The summed E-state index contributed by atoms with van der Waals surface area (Å²) < 4.78 is 13.9. The van der Waals surface area contributed by atoms with Crippen molar-refractivity contribution < 1.29 is 14.3 Å². The van der Waals surface area contributed by atoms with Crippen LogP contribution in [0.3, 0.4) is 0 Å². The number of rotatable bonds is 3. The lowest BCUT2D eigenvalue weighted by molar-refractivity contribution is -0.157. The van der Waals surface area contributed by atoms with Crippen LogP contribution in [-0.4, -0.2) is 18.2 Å². The van der Waals surface area contributed by atoms with E-state index in [9.17, 15) is 4.79 Å². The van der Waals surface area contributed by atoms with Gasteiger partial charge in [-0.25, -0.2) is 4.79 Å². The van der Waals surface area contributed by atoms with Gasteiger partial charge in [-0.15, -0.1) is 0 Å². The molecule has 0 saturated heterocycles. The van der Waals surface area contributed by atoms with Crippen LogP contribution in [0.15, 0.2) is 12.1 Å². The second-order valence-corrected chi connectivity index (χ2v) is 8.14. The van der Waals surface area contributed by atoms with Crippen molar-refractivity contribution in [2.24, 2.45) is 0 Å². The molecule has 0 unspecified atom stereocenters. The molecule has 100 valence electrons. The molecule has 0 bridgehead atoms. The van der Waals surface area contributed by atoms with Crippen LogP contribution in [0.5, 0.6) is 5.75 Å². The van der Waals surface area contributed by atoms with Gasteiger partial charge in [0.05, 0.1) is 7.14 Å². The number of esters is 1. The molecule has 0 atom stereocenters. The number of benzene rings is 1. The molecule has 0 radical (unpaired) electrons. The summed E-state index contributed by atoms with van der Waals surface area (Å²) in [5.41, 5.74) is -0.479. The molecule has 1 aromatic rings. The van der Waals surface area contributed by atoms with Gasteiger partial charge in [0.2, 0.25) is 0 Å². The third-order valence-electron chi connectivity index (χ3n) is 1.72. The molecule has 0 heterocycles. The number of hydrogen-bond acceptors (Lipinski definition) is 3. The van der Waals surface area contributed by atoms with Gasteiger partial charge >= 0.3 is 5.97 Å². The standard InChI is InChI=1S/C12H13I3O3/c1-12(2,3)18-10(16)6-17-11-8(14)4-7(13)5-9(11)15/h4-5H,6H2,1-3H3. The summed E-state index contributed by atoms with van der Waals surface area (Å²) in [4.78, 5) is 11.6. The Kier molecular flexibility index (Phi) is 6.42. The Bertz CT molecular complexity index is 429. The average Bonchev–Trinajstić information content (AvgIpc) is 2.12. The summed E-state index contributed by atoms with van der Waals surface area (Å²) >= 11 is 6.65. The summed E-state index contributed by atoms with van der Waals surface area (Å²) in [6.07, 6.45) is 0. The van der Waals surface area contributed by atoms with E-state index in [0.29, 0.717) is 0 Å². The van der Waals surface area contributed by atoms with Crippen molar-refractivity contribution in [2.45, 2.75) is 26.4 Å². The Morgan fingerprint density at radius 1 is 1.17 bits per heavy atom. The summed E-state index contributed by atoms with van der Waals surface area (Å²) in [7, 11) is 0. The molecule has 0 aliphatic rings. The van der Waals surface area contributed by atoms with Crippen LogP contribution in [0.4, 0.5) is 0 Å². The predicted molar refractivity (Wildman–Crippen MR) is 95.9 cm³/mol. The number of carbonyl (C=O) groups is 1. The molecule has 0 amide bonds. The zero-order chi connectivity index (χ0) is 13.9. The SMILES string of the molecule is CC(C)(C)OC(=O)COc1c(I)cc(I)cc1I. The van der Waals surface area contributed by atoms with E-state index in [2.05, 4.69) is 67.8 Å². The molecule has 0 fully saturated rings. The van der Waals surface area contributed by atoms with Crippen LogP contribution < -0.4 is 4.74 Å². The van der Waals surface area contributed by atoms with Gasteiger partial charge in [0, 0.05) is 3.57 Å². The summed E-state index contributed by atoms with van der Waals surface area (Å²) in [5, 5.41) is 0. The van der Waals surface area contributed by atoms with Crippen molar-refractivity contribution in [3.8, 4) is 5.75 Å². The van der Waals surface area contributed by atoms with Crippen molar-refractivity contribution in [3.63, 3.8) is 0 Å². The lowest BCUT2D eigenvalue weighted by Gasteiger charge is -2.19. The van der Waals surface area contributed by atoms with Crippen molar-refractivity contribution in [3.05, 3.63) is 22.8 Å². The first kappa shape index (κ1) is 16.7. The topological polar surface area (TPSA) is 35.5 Å². The van der Waals surface area contributed by atoms with E-state index < -0.39 is 5.60 Å². The van der Waals surface area contributed by atoms with E-state index in [1.165, 1.54) is 0 Å². The summed E-state index contributed by atoms with van der Waals surface area (Å²) in [6, 6.07) is 4.02. The summed E-state index contributed by atoms with van der Waals surface area (Å²) in [6.45, 7) is 5.44. The molecule has 0 spiro atoms. The van der Waals surface area contributed by atoms with E-state index >= 15 is 0 Å². The third kappa shape index (κ3) is 5.76. The maximum atomic E-state index is 11.6. The van der Waals surface area contributed by atoms with E-state index in [0.717, 1.165) is 16.5 Å². The summed E-state index contributed by atoms with van der Waals surface area (Å²) in [5.74, 6) is 0.384. The zero-order valence-electron chi connectivity index (χ0n) is 10.2. The Labute approximate surface area is 148 Å². The molecular formula is C12H13I3O3. The molecular weight excluding hydrogens is 573 g/mol. The first-order chi connectivity index (χ1) is 8.19. The highest BCUT2D eigenvalue weighted by molar-refractivity contribution is 14.1. The molecule has 0 N–H and O–H groups in total. The Morgan fingerprint density at radius 3 is 2.11 bits per heavy atom. The number of ether oxygens (including phenoxy) is 2. The minimum atomic E-state index is -0.479. The normalized spacial score (nSPS) is 11.2. The first-order valence-corrected chi connectivity index (χ1v) is 8.42. The molecule has 3 nitrogen and oxygen atoms in total. The third-order valence-corrected chi connectivity index (χ3v) is 3.94. The molecule has 1 rings (SSSR count). The predicted octanol–water partition coefficient (Wildman–Crippen LogP) is 4.22. The van der Waals surface area contributed by atoms with Gasteiger partial charge in [0.1, 0.15) is 11.4 Å². The van der Waals surface area contributed by atoms with Crippen LogP contribution in [0.25, 0.3) is 0 Å². The molecule has 6 heteroatoms. The molecule has 0 saturated carbocycles. The average molecular weight is 586 g/mol. The van der Waals surface area contributed by atoms with Crippen molar-refractivity contribution >= 4 is 73.7 Å². The van der Waals surface area contributed by atoms with Gasteiger partial charge < -0.3 is 9.47 Å². The van der Waals surface area contributed by atoms with Crippen molar-refractivity contribution in [1.29, 1.82) is 0 Å². The lowest BCUT2D eigenvalue weighted by Crippen LogP contribution is -2.27. The van der Waals surface area contributed by atoms with Crippen LogP contribution in [0, 0.1) is 10.7 Å². The Morgan fingerprint density at radius 2 is 1.67 bits per heavy atom. The van der Waals surface area contributed by atoms with Crippen LogP contribution in [0.2, 0.25) is 0 Å². The van der Waals surface area contributed by atoms with Gasteiger partial charge in [0.15, 0.2) is 6.61 Å². The van der Waals surface area contributed by atoms with Crippen LogP contribution in [-0.2, 0) is 9.53 Å². The van der Waals surface area contributed by atoms with E-state index in [4.69, 9.17) is 9.47 Å². The molecule has 0 aliphatic carbocycles. The van der Waals surface area contributed by atoms with Crippen LogP contribution >= 0.6 is 67.8 Å². The smallest absolute Gasteiger partial charge is 0.344 e. The Hall–Kier alpha value is 0.680. The monoisotopic (exact) mass is 586 g/mol. The maximum absolute atomic E-state index is 11.6. The minimum Gasteiger partial charge on any atom is -0.480 e. The van der Waals surface area contributed by atoms with Crippen molar-refractivity contribution in [1.82, 2.24) is 0 Å². The Balaban J connectivity index is 2.67. The highest BCUT2D eigenvalue weighted by Gasteiger charge is 2.17. The zero-order valence-corrected chi connectivity index (χ0v) is 16.7. The second-order valence-electron chi connectivity index (χ2n) is 4.57. The quantitative estimate of drug-likeness (QED) is 0.394. The van der Waals surface area contributed by atoms with Gasteiger partial charge in [-0.3, -0.25) is 0 Å². The first-order valence-electron chi connectivity index (χ1n) is 5.18. The highest BCUT2D eigenvalue weighted by atomic mass is 127. The molecule has 0 aromatic heterocycles. The fourth-order valence-electron chi connectivity index (χ4n) is 1.17. The molecule has 1 aromatic carbocycles. The van der Waals surface area contributed by atoms with Crippen molar-refractivity contribution in [2.75, 3.05) is 6.61 Å². The number of carbonyl (C=O) groups excluding carboxylic acids is 1. The van der Waals surface area contributed by atoms with Crippen LogP contribution in [0.1, 0.15) is 20.8 Å².